The molecule has 5 nitrogen and oxygen atoms in total. The SMILES string of the molecule is CCCCOc1cccc(C(=O)N2CCN(Cc3ccncc3)CC2)c1. The average Bonchev–Trinajstić information content (AvgIpc) is 2.69. The van der Waals surface area contributed by atoms with Crippen LogP contribution in [0.3, 0.4) is 0 Å². The first-order valence-electron chi connectivity index (χ1n) is 9.39. The Balaban J connectivity index is 1.52. The Morgan fingerprint density at radius 3 is 2.62 bits per heavy atom. The molecule has 5 heteroatoms. The fraction of sp³-hybridized carbons (Fsp3) is 0.429. The smallest absolute Gasteiger partial charge is 0.254 e. The van der Waals surface area contributed by atoms with Crippen molar-refractivity contribution in [2.75, 3.05) is 32.8 Å². The third-order valence-corrected chi connectivity index (χ3v) is 4.66. The van der Waals surface area contributed by atoms with E-state index in [1.165, 1.54) is 5.56 Å². The van der Waals surface area contributed by atoms with Crippen LogP contribution in [0, 0.1) is 0 Å². The number of carbonyl (C=O) groups excluding carboxylic acids is 1. The molecule has 0 spiro atoms. The number of rotatable bonds is 7. The number of ether oxygens (including phenoxy) is 1. The lowest BCUT2D eigenvalue weighted by Crippen LogP contribution is -2.48. The molecule has 1 amide bonds. The summed E-state index contributed by atoms with van der Waals surface area (Å²) in [7, 11) is 0. The van der Waals surface area contributed by atoms with Gasteiger partial charge < -0.3 is 9.64 Å². The van der Waals surface area contributed by atoms with Gasteiger partial charge >= 0.3 is 0 Å². The molecule has 138 valence electrons. The zero-order valence-corrected chi connectivity index (χ0v) is 15.4. The summed E-state index contributed by atoms with van der Waals surface area (Å²) in [5, 5.41) is 0. The minimum Gasteiger partial charge on any atom is -0.494 e. The third kappa shape index (κ3) is 5.05. The van der Waals surface area contributed by atoms with Crippen LogP contribution >= 0.6 is 0 Å². The summed E-state index contributed by atoms with van der Waals surface area (Å²) in [5.41, 5.74) is 1.97. The number of carbonyl (C=O) groups is 1. The van der Waals surface area contributed by atoms with Gasteiger partial charge in [0.15, 0.2) is 0 Å². The Kier molecular flexibility index (Phi) is 6.61. The van der Waals surface area contributed by atoms with E-state index < -0.39 is 0 Å². The molecule has 0 radical (unpaired) electrons. The van der Waals surface area contributed by atoms with Crippen LogP contribution in [0.15, 0.2) is 48.8 Å². The highest BCUT2D eigenvalue weighted by atomic mass is 16.5. The fourth-order valence-corrected chi connectivity index (χ4v) is 3.09. The second kappa shape index (κ2) is 9.34. The summed E-state index contributed by atoms with van der Waals surface area (Å²) >= 11 is 0. The van der Waals surface area contributed by atoms with E-state index in [-0.39, 0.29) is 5.91 Å². The van der Waals surface area contributed by atoms with Crippen LogP contribution < -0.4 is 4.74 Å². The molecule has 0 atom stereocenters. The van der Waals surface area contributed by atoms with E-state index in [9.17, 15) is 4.79 Å². The van der Waals surface area contributed by atoms with Crippen molar-refractivity contribution in [1.29, 1.82) is 0 Å². The second-order valence-electron chi connectivity index (χ2n) is 6.65. The summed E-state index contributed by atoms with van der Waals surface area (Å²) in [6.07, 6.45) is 5.77. The van der Waals surface area contributed by atoms with E-state index in [1.54, 1.807) is 0 Å². The van der Waals surface area contributed by atoms with Gasteiger partial charge in [0.1, 0.15) is 5.75 Å². The number of piperazine rings is 1. The Bertz CT molecular complexity index is 697. The van der Waals surface area contributed by atoms with Gasteiger partial charge in [0.2, 0.25) is 0 Å². The van der Waals surface area contributed by atoms with Crippen molar-refractivity contribution < 1.29 is 9.53 Å². The minimum absolute atomic E-state index is 0.0921. The first-order valence-corrected chi connectivity index (χ1v) is 9.39. The van der Waals surface area contributed by atoms with Gasteiger partial charge in [-0.15, -0.1) is 0 Å². The second-order valence-corrected chi connectivity index (χ2v) is 6.65. The molecule has 0 saturated carbocycles. The summed E-state index contributed by atoms with van der Waals surface area (Å²) < 4.78 is 5.72. The molecule has 0 N–H and O–H groups in total. The molecule has 1 aliphatic heterocycles. The minimum atomic E-state index is 0.0921. The number of benzene rings is 1. The van der Waals surface area contributed by atoms with Crippen molar-refractivity contribution in [3.05, 3.63) is 59.9 Å². The Morgan fingerprint density at radius 2 is 1.88 bits per heavy atom. The molecule has 1 aliphatic rings. The quantitative estimate of drug-likeness (QED) is 0.717. The van der Waals surface area contributed by atoms with Crippen LogP contribution in [0.5, 0.6) is 5.75 Å². The van der Waals surface area contributed by atoms with Gasteiger partial charge in [0.25, 0.3) is 5.91 Å². The molecule has 26 heavy (non-hydrogen) atoms. The zero-order chi connectivity index (χ0) is 18.2. The number of nitrogens with zero attached hydrogens (tertiary/aromatic N) is 3. The van der Waals surface area contributed by atoms with E-state index in [0.717, 1.165) is 51.3 Å². The van der Waals surface area contributed by atoms with E-state index in [2.05, 4.69) is 16.8 Å². The van der Waals surface area contributed by atoms with E-state index in [4.69, 9.17) is 4.74 Å². The van der Waals surface area contributed by atoms with Crippen molar-refractivity contribution in [1.82, 2.24) is 14.8 Å². The fourth-order valence-electron chi connectivity index (χ4n) is 3.09. The zero-order valence-electron chi connectivity index (χ0n) is 15.4. The predicted molar refractivity (Wildman–Crippen MR) is 102 cm³/mol. The van der Waals surface area contributed by atoms with Gasteiger partial charge in [-0.25, -0.2) is 0 Å². The van der Waals surface area contributed by atoms with Crippen LogP contribution in [0.2, 0.25) is 0 Å². The van der Waals surface area contributed by atoms with Gasteiger partial charge in [-0.2, -0.15) is 0 Å². The topological polar surface area (TPSA) is 45.7 Å². The molecule has 3 rings (SSSR count). The summed E-state index contributed by atoms with van der Waals surface area (Å²) in [6.45, 7) is 7.03. The maximum absolute atomic E-state index is 12.8. The van der Waals surface area contributed by atoms with Crippen LogP contribution in [-0.4, -0.2) is 53.5 Å². The van der Waals surface area contributed by atoms with Crippen molar-refractivity contribution in [3.8, 4) is 5.75 Å². The molecule has 2 heterocycles. The lowest BCUT2D eigenvalue weighted by Gasteiger charge is -2.34. The molecular weight excluding hydrogens is 326 g/mol. The number of pyridine rings is 1. The molecule has 1 fully saturated rings. The number of unbranched alkanes of at least 4 members (excludes halogenated alkanes) is 1. The Hall–Kier alpha value is -2.40. The van der Waals surface area contributed by atoms with Crippen LogP contribution in [0.1, 0.15) is 35.7 Å². The van der Waals surface area contributed by atoms with Crippen LogP contribution in [0.4, 0.5) is 0 Å². The molecule has 0 unspecified atom stereocenters. The van der Waals surface area contributed by atoms with Crippen molar-refractivity contribution in [2.24, 2.45) is 0 Å². The molecule has 2 aromatic rings. The number of aromatic nitrogens is 1. The molecule has 0 aliphatic carbocycles. The number of hydrogen-bond donors (Lipinski definition) is 0. The largest absolute Gasteiger partial charge is 0.494 e. The summed E-state index contributed by atoms with van der Waals surface area (Å²) in [5.74, 6) is 0.870. The monoisotopic (exact) mass is 353 g/mol. The highest BCUT2D eigenvalue weighted by Gasteiger charge is 2.22. The summed E-state index contributed by atoms with van der Waals surface area (Å²) in [4.78, 5) is 21.2. The van der Waals surface area contributed by atoms with Gasteiger partial charge in [-0.3, -0.25) is 14.7 Å². The van der Waals surface area contributed by atoms with Crippen molar-refractivity contribution in [2.45, 2.75) is 26.3 Å². The molecular formula is C21H27N3O2. The highest BCUT2D eigenvalue weighted by Crippen LogP contribution is 2.17. The number of hydrogen-bond acceptors (Lipinski definition) is 4. The maximum Gasteiger partial charge on any atom is 0.254 e. The molecule has 1 aromatic carbocycles. The van der Waals surface area contributed by atoms with Gasteiger partial charge in [-0.05, 0) is 42.3 Å². The third-order valence-electron chi connectivity index (χ3n) is 4.66. The summed E-state index contributed by atoms with van der Waals surface area (Å²) in [6, 6.07) is 11.6. The van der Waals surface area contributed by atoms with Crippen LogP contribution in [0.25, 0.3) is 0 Å². The molecule has 1 saturated heterocycles. The van der Waals surface area contributed by atoms with Crippen molar-refractivity contribution >= 4 is 5.91 Å². The molecule has 1 aromatic heterocycles. The van der Waals surface area contributed by atoms with E-state index in [1.807, 2.05) is 53.7 Å². The van der Waals surface area contributed by atoms with Crippen LogP contribution in [-0.2, 0) is 6.54 Å². The lowest BCUT2D eigenvalue weighted by molar-refractivity contribution is 0.0628. The van der Waals surface area contributed by atoms with Crippen molar-refractivity contribution in [3.63, 3.8) is 0 Å². The van der Waals surface area contributed by atoms with Gasteiger partial charge in [-0.1, -0.05) is 19.4 Å². The van der Waals surface area contributed by atoms with E-state index >= 15 is 0 Å². The first kappa shape index (κ1) is 18.4. The lowest BCUT2D eigenvalue weighted by atomic mass is 10.1. The first-order chi connectivity index (χ1) is 12.8. The standard InChI is InChI=1S/C21H27N3O2/c1-2-3-15-26-20-6-4-5-19(16-20)21(25)24-13-11-23(12-14-24)17-18-7-9-22-10-8-18/h4-10,16H,2-3,11-15,17H2,1H3. The Labute approximate surface area is 155 Å². The Morgan fingerprint density at radius 1 is 1.12 bits per heavy atom. The molecule has 0 bridgehead atoms. The predicted octanol–water partition coefficient (Wildman–Crippen LogP) is 3.22. The number of amides is 1. The normalized spacial score (nSPS) is 15.0. The van der Waals surface area contributed by atoms with E-state index in [0.29, 0.717) is 12.2 Å². The highest BCUT2D eigenvalue weighted by molar-refractivity contribution is 5.94. The van der Waals surface area contributed by atoms with Gasteiger partial charge in [0, 0.05) is 50.7 Å². The van der Waals surface area contributed by atoms with Gasteiger partial charge in [0.05, 0.1) is 6.61 Å². The average molecular weight is 353 g/mol. The maximum atomic E-state index is 12.8.